The van der Waals surface area contributed by atoms with E-state index in [4.69, 9.17) is 5.84 Å². The molecule has 7 heteroatoms. The Morgan fingerprint density at radius 1 is 1.30 bits per heavy atom. The lowest BCUT2D eigenvalue weighted by molar-refractivity contribution is -0.384. The van der Waals surface area contributed by atoms with Crippen LogP contribution in [0.5, 0.6) is 0 Å². The average molecular weight is 280 g/mol. The second-order valence-electron chi connectivity index (χ2n) is 5.18. The first-order valence-electron chi connectivity index (χ1n) is 6.75. The molecule has 20 heavy (non-hydrogen) atoms. The summed E-state index contributed by atoms with van der Waals surface area (Å²) in [6, 6.07) is 4.61. The van der Waals surface area contributed by atoms with Crippen LogP contribution in [0.15, 0.2) is 18.2 Å². The largest absolute Gasteiger partial charge is 0.396 e. The minimum absolute atomic E-state index is 0.00641. The molecule has 0 aliphatic heterocycles. The van der Waals surface area contributed by atoms with Crippen molar-refractivity contribution in [2.75, 3.05) is 23.9 Å². The van der Waals surface area contributed by atoms with Gasteiger partial charge in [-0.05, 0) is 30.7 Å². The predicted molar refractivity (Wildman–Crippen MR) is 77.3 cm³/mol. The maximum absolute atomic E-state index is 10.9. The highest BCUT2D eigenvalue weighted by atomic mass is 16.6. The maximum Gasteiger partial charge on any atom is 0.273 e. The number of nitro groups is 1. The van der Waals surface area contributed by atoms with E-state index in [1.165, 1.54) is 12.1 Å². The molecule has 2 unspecified atom stereocenters. The SMILES string of the molecule is NNc1cc(NCC2CCCC2CO)cc([N+](=O)[O-])c1. The van der Waals surface area contributed by atoms with Crippen LogP contribution in [0.3, 0.4) is 0 Å². The molecule has 0 amide bonds. The van der Waals surface area contributed by atoms with Gasteiger partial charge in [0.15, 0.2) is 0 Å². The van der Waals surface area contributed by atoms with Gasteiger partial charge in [0.2, 0.25) is 0 Å². The van der Waals surface area contributed by atoms with Crippen LogP contribution in [0.2, 0.25) is 0 Å². The van der Waals surface area contributed by atoms with E-state index < -0.39 is 4.92 Å². The number of hydrazine groups is 1. The van der Waals surface area contributed by atoms with Crippen molar-refractivity contribution < 1.29 is 10.0 Å². The number of rotatable bonds is 6. The Morgan fingerprint density at radius 3 is 2.65 bits per heavy atom. The first-order chi connectivity index (χ1) is 9.63. The minimum Gasteiger partial charge on any atom is -0.396 e. The first-order valence-corrected chi connectivity index (χ1v) is 6.75. The number of nitro benzene ring substituents is 1. The zero-order chi connectivity index (χ0) is 14.5. The van der Waals surface area contributed by atoms with E-state index in [0.717, 1.165) is 19.3 Å². The number of anilines is 2. The molecule has 0 saturated heterocycles. The Morgan fingerprint density at radius 2 is 2.00 bits per heavy atom. The van der Waals surface area contributed by atoms with Crippen LogP contribution in [-0.2, 0) is 0 Å². The van der Waals surface area contributed by atoms with Gasteiger partial charge in [0.05, 0.1) is 10.6 Å². The number of aliphatic hydroxyl groups is 1. The standard InChI is InChI=1S/C13H20N4O3/c14-16-12-4-11(5-13(6-12)17(19)20)15-7-9-2-1-3-10(9)8-18/h4-6,9-10,15-16,18H,1-3,7-8,14H2. The van der Waals surface area contributed by atoms with Gasteiger partial charge in [-0.25, -0.2) is 0 Å². The molecule has 0 heterocycles. The third-order valence-electron chi connectivity index (χ3n) is 3.91. The van der Waals surface area contributed by atoms with E-state index in [9.17, 15) is 15.2 Å². The van der Waals surface area contributed by atoms with Gasteiger partial charge in [-0.2, -0.15) is 0 Å². The summed E-state index contributed by atoms with van der Waals surface area (Å²) in [5.41, 5.74) is 3.57. The van der Waals surface area contributed by atoms with Crippen molar-refractivity contribution in [3.63, 3.8) is 0 Å². The molecule has 1 saturated carbocycles. The van der Waals surface area contributed by atoms with E-state index >= 15 is 0 Å². The van der Waals surface area contributed by atoms with Crippen LogP contribution in [-0.4, -0.2) is 23.2 Å². The summed E-state index contributed by atoms with van der Waals surface area (Å²) >= 11 is 0. The molecule has 1 aliphatic rings. The first kappa shape index (κ1) is 14.5. The highest BCUT2D eigenvalue weighted by Gasteiger charge is 2.26. The maximum atomic E-state index is 10.9. The van der Waals surface area contributed by atoms with Gasteiger partial charge in [0.1, 0.15) is 0 Å². The molecule has 5 N–H and O–H groups in total. The summed E-state index contributed by atoms with van der Waals surface area (Å²) in [6.45, 7) is 0.910. The molecule has 2 atom stereocenters. The molecule has 1 aliphatic carbocycles. The molecule has 0 spiro atoms. The normalized spacial score (nSPS) is 21.7. The number of nitrogens with one attached hydrogen (secondary N) is 2. The smallest absolute Gasteiger partial charge is 0.273 e. The molecule has 0 aromatic heterocycles. The van der Waals surface area contributed by atoms with Gasteiger partial charge in [-0.3, -0.25) is 16.0 Å². The molecule has 1 aromatic carbocycles. The van der Waals surface area contributed by atoms with E-state index in [2.05, 4.69) is 10.7 Å². The number of non-ortho nitro benzene ring substituents is 1. The number of hydrogen-bond donors (Lipinski definition) is 4. The third kappa shape index (κ3) is 3.37. The predicted octanol–water partition coefficient (Wildman–Crippen LogP) is 1.70. The quantitative estimate of drug-likeness (QED) is 0.358. The van der Waals surface area contributed by atoms with E-state index in [1.54, 1.807) is 6.07 Å². The molecular formula is C13H20N4O3. The molecule has 2 rings (SSSR count). The molecular weight excluding hydrogens is 260 g/mol. The second-order valence-corrected chi connectivity index (χ2v) is 5.18. The van der Waals surface area contributed by atoms with Crippen LogP contribution in [0.4, 0.5) is 17.1 Å². The Kier molecular flexibility index (Phi) is 4.75. The highest BCUT2D eigenvalue weighted by Crippen LogP contribution is 2.32. The lowest BCUT2D eigenvalue weighted by atomic mass is 9.97. The van der Waals surface area contributed by atoms with Crippen LogP contribution < -0.4 is 16.6 Å². The van der Waals surface area contributed by atoms with Gasteiger partial charge in [-0.15, -0.1) is 0 Å². The van der Waals surface area contributed by atoms with Crippen molar-refractivity contribution in [3.05, 3.63) is 28.3 Å². The van der Waals surface area contributed by atoms with E-state index in [1.807, 2.05) is 0 Å². The van der Waals surface area contributed by atoms with E-state index in [-0.39, 0.29) is 12.3 Å². The number of nitrogens with zero attached hydrogens (tertiary/aromatic N) is 1. The summed E-state index contributed by atoms with van der Waals surface area (Å²) in [7, 11) is 0. The molecule has 110 valence electrons. The topological polar surface area (TPSA) is 113 Å². The van der Waals surface area contributed by atoms with E-state index in [0.29, 0.717) is 29.8 Å². The Hall–Kier alpha value is -1.86. The van der Waals surface area contributed by atoms with Gasteiger partial charge in [-0.1, -0.05) is 6.42 Å². The number of aliphatic hydroxyl groups excluding tert-OH is 1. The average Bonchev–Trinajstić information content (AvgIpc) is 2.92. The number of nitrogens with two attached hydrogens (primary N) is 1. The number of nitrogen functional groups attached to an aromatic ring is 1. The molecule has 0 radical (unpaired) electrons. The van der Waals surface area contributed by atoms with Gasteiger partial charge < -0.3 is 15.8 Å². The second kappa shape index (κ2) is 6.53. The minimum atomic E-state index is -0.446. The fourth-order valence-corrected chi connectivity index (χ4v) is 2.77. The fourth-order valence-electron chi connectivity index (χ4n) is 2.77. The van der Waals surface area contributed by atoms with Gasteiger partial charge >= 0.3 is 0 Å². The van der Waals surface area contributed by atoms with Crippen molar-refractivity contribution in [2.45, 2.75) is 19.3 Å². The molecule has 1 fully saturated rings. The highest BCUT2D eigenvalue weighted by molar-refractivity contribution is 5.63. The van der Waals surface area contributed by atoms with Crippen molar-refractivity contribution in [3.8, 4) is 0 Å². The third-order valence-corrected chi connectivity index (χ3v) is 3.91. The monoisotopic (exact) mass is 280 g/mol. The van der Waals surface area contributed by atoms with Crippen LogP contribution in [0, 0.1) is 22.0 Å². The van der Waals surface area contributed by atoms with Crippen molar-refractivity contribution in [1.29, 1.82) is 0 Å². The Balaban J connectivity index is 2.05. The molecule has 0 bridgehead atoms. The van der Waals surface area contributed by atoms with Crippen molar-refractivity contribution >= 4 is 17.1 Å². The summed E-state index contributed by atoms with van der Waals surface area (Å²) < 4.78 is 0. The van der Waals surface area contributed by atoms with Gasteiger partial charge in [0.25, 0.3) is 5.69 Å². The summed E-state index contributed by atoms with van der Waals surface area (Å²) in [5.74, 6) is 6.05. The van der Waals surface area contributed by atoms with Crippen molar-refractivity contribution in [1.82, 2.24) is 0 Å². The molecule has 1 aromatic rings. The van der Waals surface area contributed by atoms with Crippen LogP contribution in [0.1, 0.15) is 19.3 Å². The molecule has 7 nitrogen and oxygen atoms in total. The lowest BCUT2D eigenvalue weighted by Crippen LogP contribution is -2.21. The number of benzene rings is 1. The van der Waals surface area contributed by atoms with Gasteiger partial charge in [0, 0.05) is 31.0 Å². The van der Waals surface area contributed by atoms with Crippen LogP contribution >= 0.6 is 0 Å². The summed E-state index contributed by atoms with van der Waals surface area (Å²) in [5, 5.41) is 23.4. The number of hydrogen-bond acceptors (Lipinski definition) is 6. The Bertz CT molecular complexity index is 481. The fraction of sp³-hybridized carbons (Fsp3) is 0.538. The lowest BCUT2D eigenvalue weighted by Gasteiger charge is -2.18. The zero-order valence-electron chi connectivity index (χ0n) is 11.2. The Labute approximate surface area is 117 Å². The van der Waals surface area contributed by atoms with Crippen molar-refractivity contribution in [2.24, 2.45) is 17.7 Å². The summed E-state index contributed by atoms with van der Waals surface area (Å²) in [6.07, 6.45) is 3.25. The zero-order valence-corrected chi connectivity index (χ0v) is 11.2. The summed E-state index contributed by atoms with van der Waals surface area (Å²) in [4.78, 5) is 10.4. The van der Waals surface area contributed by atoms with Crippen LogP contribution in [0.25, 0.3) is 0 Å².